The molecule has 0 radical (unpaired) electrons. The molecule has 0 amide bonds. The molecule has 0 unspecified atom stereocenters. The van der Waals surface area contributed by atoms with E-state index in [1.807, 2.05) is 4.68 Å². The summed E-state index contributed by atoms with van der Waals surface area (Å²) in [6, 6.07) is 44.9. The van der Waals surface area contributed by atoms with Crippen LogP contribution in [0.25, 0.3) is 0 Å². The van der Waals surface area contributed by atoms with Gasteiger partial charge >= 0.3 is 0 Å². The zero-order valence-corrected chi connectivity index (χ0v) is 28.4. The molecule has 1 heterocycles. The SMILES string of the molecule is C[Si](C)(c1ccccc1)C(Cc1cn(Cc2ccccc2)nn1)([Si](C)(C)c1ccccc1)[Si](C)(C)c1ccccc1. The van der Waals surface area contributed by atoms with Gasteiger partial charge in [-0.05, 0) is 16.3 Å². The van der Waals surface area contributed by atoms with E-state index >= 15 is 0 Å². The first-order valence-electron chi connectivity index (χ1n) is 14.7. The van der Waals surface area contributed by atoms with Crippen LogP contribution in [0.1, 0.15) is 11.3 Å². The van der Waals surface area contributed by atoms with Crippen LogP contribution in [0.2, 0.25) is 43.6 Å². The number of aromatic nitrogens is 3. The fourth-order valence-corrected chi connectivity index (χ4v) is 35.6. The molecular weight excluding hydrogens is 547 g/mol. The molecule has 3 nitrogen and oxygen atoms in total. The third-order valence-electron chi connectivity index (χ3n) is 9.91. The summed E-state index contributed by atoms with van der Waals surface area (Å²) in [6.07, 6.45) is 3.17. The normalized spacial score (nSPS) is 12.8. The smallest absolute Gasteiger partial charge is 0.0826 e. The highest BCUT2D eigenvalue weighted by atomic mass is 28.5. The van der Waals surface area contributed by atoms with Crippen LogP contribution in [-0.4, -0.2) is 39.2 Å². The van der Waals surface area contributed by atoms with Gasteiger partial charge in [-0.1, -0.05) is 181 Å². The second-order valence-electron chi connectivity index (χ2n) is 12.9. The van der Waals surface area contributed by atoms with Crippen molar-refractivity contribution in [3.8, 4) is 0 Å². The lowest BCUT2D eigenvalue weighted by atomic mass is 10.2. The van der Waals surface area contributed by atoms with Crippen LogP contribution in [-0.2, 0) is 13.0 Å². The van der Waals surface area contributed by atoms with Crippen LogP contribution in [0.3, 0.4) is 0 Å². The van der Waals surface area contributed by atoms with Gasteiger partial charge in [0.05, 0.1) is 36.5 Å². The molecule has 0 atom stereocenters. The van der Waals surface area contributed by atoms with E-state index in [9.17, 15) is 0 Å². The lowest BCUT2D eigenvalue weighted by Crippen LogP contribution is -2.79. The van der Waals surface area contributed by atoms with Gasteiger partial charge in [0.2, 0.25) is 0 Å². The fourth-order valence-electron chi connectivity index (χ4n) is 7.85. The molecule has 0 fully saturated rings. The predicted molar refractivity (Wildman–Crippen MR) is 183 cm³/mol. The van der Waals surface area contributed by atoms with Crippen molar-refractivity contribution >= 4 is 39.8 Å². The molecule has 5 aromatic rings. The van der Waals surface area contributed by atoms with Crippen molar-refractivity contribution in [1.29, 1.82) is 0 Å². The quantitative estimate of drug-likeness (QED) is 0.173. The van der Waals surface area contributed by atoms with Crippen LogP contribution in [0.15, 0.2) is 128 Å². The summed E-state index contributed by atoms with van der Waals surface area (Å²) in [7, 11) is -6.59. The maximum Gasteiger partial charge on any atom is 0.0826 e. The van der Waals surface area contributed by atoms with E-state index in [4.69, 9.17) is 5.10 Å². The molecule has 0 spiro atoms. The van der Waals surface area contributed by atoms with Gasteiger partial charge in [-0.2, -0.15) is 0 Å². The molecule has 0 aliphatic heterocycles. The molecule has 5 rings (SSSR count). The van der Waals surface area contributed by atoms with Crippen LogP contribution < -0.4 is 15.6 Å². The van der Waals surface area contributed by atoms with Crippen LogP contribution in [0.5, 0.6) is 0 Å². The van der Waals surface area contributed by atoms with E-state index in [0.29, 0.717) is 0 Å². The summed E-state index contributed by atoms with van der Waals surface area (Å²) in [5.41, 5.74) is 2.36. The van der Waals surface area contributed by atoms with E-state index in [-0.39, 0.29) is 4.28 Å². The lowest BCUT2D eigenvalue weighted by Gasteiger charge is -2.62. The minimum Gasteiger partial charge on any atom is -0.248 e. The zero-order valence-electron chi connectivity index (χ0n) is 25.4. The first-order valence-corrected chi connectivity index (χ1v) is 23.7. The van der Waals surface area contributed by atoms with E-state index < -0.39 is 24.2 Å². The molecule has 6 heteroatoms. The number of benzene rings is 4. The Morgan fingerprint density at radius 3 is 1.29 bits per heavy atom. The molecule has 0 aliphatic rings. The maximum atomic E-state index is 4.90. The van der Waals surface area contributed by atoms with Gasteiger partial charge in [0.1, 0.15) is 0 Å². The average molecular weight is 590 g/mol. The lowest BCUT2D eigenvalue weighted by molar-refractivity contribution is 0.649. The van der Waals surface area contributed by atoms with Crippen molar-refractivity contribution in [2.24, 2.45) is 0 Å². The molecule has 4 aromatic carbocycles. The topological polar surface area (TPSA) is 30.7 Å². The Morgan fingerprint density at radius 2 is 0.902 bits per heavy atom. The van der Waals surface area contributed by atoms with E-state index in [1.165, 1.54) is 21.1 Å². The van der Waals surface area contributed by atoms with Gasteiger partial charge in [0.15, 0.2) is 0 Å². The van der Waals surface area contributed by atoms with Gasteiger partial charge in [0.25, 0.3) is 0 Å². The van der Waals surface area contributed by atoms with Gasteiger partial charge in [-0.3, -0.25) is 0 Å². The number of hydrogen-bond donors (Lipinski definition) is 0. The molecular formula is C35H43N3Si3. The third-order valence-corrected chi connectivity index (χ3v) is 33.4. The predicted octanol–water partition coefficient (Wildman–Crippen LogP) is 6.53. The standard InChI is InChI=1S/C35H43N3Si3/c1-39(2,32-21-13-8-14-22-32)35(40(3,4)33-23-15-9-16-24-33,41(5,6)34-25-17-10-18-26-34)27-31-29-38(37-36-31)28-30-19-11-7-12-20-30/h7-26,29H,27-28H2,1-6H3. The fraction of sp³-hybridized carbons (Fsp3) is 0.257. The summed E-state index contributed by atoms with van der Waals surface area (Å²) in [5.74, 6) is 0. The van der Waals surface area contributed by atoms with E-state index in [0.717, 1.165) is 18.7 Å². The second-order valence-corrected chi connectivity index (χ2v) is 28.5. The second kappa shape index (κ2) is 11.5. The molecule has 0 N–H and O–H groups in total. The van der Waals surface area contributed by atoms with Gasteiger partial charge in [0, 0.05) is 6.20 Å². The minimum atomic E-state index is -2.20. The summed E-state index contributed by atoms with van der Waals surface area (Å²) in [5, 5.41) is 14.2. The highest BCUT2D eigenvalue weighted by molar-refractivity contribution is 7.25. The summed E-state index contributed by atoms with van der Waals surface area (Å²) < 4.78 is 2.10. The molecule has 41 heavy (non-hydrogen) atoms. The molecule has 1 aromatic heterocycles. The third kappa shape index (κ3) is 5.25. The van der Waals surface area contributed by atoms with Crippen molar-refractivity contribution in [3.05, 3.63) is 139 Å². The first-order chi connectivity index (χ1) is 19.6. The molecule has 210 valence electrons. The Bertz CT molecular complexity index is 1420. The number of hydrogen-bond acceptors (Lipinski definition) is 2. The van der Waals surface area contributed by atoms with Crippen molar-refractivity contribution in [2.75, 3.05) is 0 Å². The summed E-state index contributed by atoms with van der Waals surface area (Å²) in [6.45, 7) is 16.6. The Hall–Kier alpha value is -3.33. The van der Waals surface area contributed by atoms with Gasteiger partial charge in [-0.15, -0.1) is 5.10 Å². The minimum absolute atomic E-state index is 0.0741. The highest BCUT2D eigenvalue weighted by Gasteiger charge is 2.66. The Morgan fingerprint density at radius 1 is 0.537 bits per heavy atom. The first kappa shape index (κ1) is 29.2. The van der Waals surface area contributed by atoms with Crippen molar-refractivity contribution in [2.45, 2.75) is 56.5 Å². The molecule has 0 saturated heterocycles. The van der Waals surface area contributed by atoms with Crippen LogP contribution in [0, 0.1) is 0 Å². The Kier molecular flexibility index (Phi) is 8.19. The summed E-state index contributed by atoms with van der Waals surface area (Å²) in [4.78, 5) is 0. The molecule has 0 bridgehead atoms. The van der Waals surface area contributed by atoms with Crippen LogP contribution >= 0.6 is 0 Å². The number of nitrogens with zero attached hydrogens (tertiary/aromatic N) is 3. The molecule has 0 aliphatic carbocycles. The van der Waals surface area contributed by atoms with E-state index in [2.05, 4.69) is 172 Å². The van der Waals surface area contributed by atoms with Crippen LogP contribution in [0.4, 0.5) is 0 Å². The number of rotatable bonds is 10. The van der Waals surface area contributed by atoms with Crippen molar-refractivity contribution in [1.82, 2.24) is 15.0 Å². The van der Waals surface area contributed by atoms with E-state index in [1.54, 1.807) is 0 Å². The largest absolute Gasteiger partial charge is 0.248 e. The monoisotopic (exact) mass is 589 g/mol. The Labute approximate surface area is 249 Å². The molecule has 0 saturated carbocycles. The Balaban J connectivity index is 1.76. The van der Waals surface area contributed by atoms with Gasteiger partial charge < -0.3 is 0 Å². The maximum absolute atomic E-state index is 4.90. The van der Waals surface area contributed by atoms with Crippen molar-refractivity contribution < 1.29 is 0 Å². The zero-order chi connectivity index (χ0) is 29.1. The summed E-state index contributed by atoms with van der Waals surface area (Å²) >= 11 is 0. The van der Waals surface area contributed by atoms with Crippen molar-refractivity contribution in [3.63, 3.8) is 0 Å². The average Bonchev–Trinajstić information content (AvgIpc) is 3.44. The van der Waals surface area contributed by atoms with Gasteiger partial charge in [-0.25, -0.2) is 4.68 Å². The highest BCUT2D eigenvalue weighted by Crippen LogP contribution is 2.55.